The summed E-state index contributed by atoms with van der Waals surface area (Å²) in [5, 5.41) is 0. The molecule has 1 unspecified atom stereocenters. The van der Waals surface area contributed by atoms with Gasteiger partial charge in [-0.3, -0.25) is 4.90 Å². The highest BCUT2D eigenvalue weighted by Crippen LogP contribution is 2.36. The molecular weight excluding hydrogens is 284 g/mol. The lowest BCUT2D eigenvalue weighted by Crippen LogP contribution is -2.47. The van der Waals surface area contributed by atoms with Crippen LogP contribution < -0.4 is 5.73 Å². The minimum atomic E-state index is -0.317. The van der Waals surface area contributed by atoms with Crippen molar-refractivity contribution in [2.45, 2.75) is 24.7 Å². The Labute approximate surface area is 122 Å². The van der Waals surface area contributed by atoms with Gasteiger partial charge in [0, 0.05) is 37.4 Å². The Balaban J connectivity index is 1.66. The SMILES string of the molecule is NCC(c1ccc(Cl)s1)N1CCC2(CC1)OCCO2. The van der Waals surface area contributed by atoms with Crippen LogP contribution in [0.4, 0.5) is 0 Å². The Bertz CT molecular complexity index is 424. The molecule has 106 valence electrons. The number of likely N-dealkylation sites (tertiary alicyclic amines) is 1. The normalized spacial score (nSPS) is 24.9. The molecule has 2 saturated heterocycles. The number of piperidine rings is 1. The van der Waals surface area contributed by atoms with Crippen LogP contribution in [0.1, 0.15) is 23.8 Å². The Morgan fingerprint density at radius 2 is 2.00 bits per heavy atom. The summed E-state index contributed by atoms with van der Waals surface area (Å²) < 4.78 is 12.3. The van der Waals surface area contributed by atoms with Crippen LogP contribution in [0.3, 0.4) is 0 Å². The second-order valence-corrected chi connectivity index (χ2v) is 6.78. The predicted molar refractivity (Wildman–Crippen MR) is 76.6 cm³/mol. The van der Waals surface area contributed by atoms with Crippen LogP contribution in [0.25, 0.3) is 0 Å². The molecule has 3 heterocycles. The average Bonchev–Trinajstić information content (AvgIpc) is 3.03. The van der Waals surface area contributed by atoms with Crippen molar-refractivity contribution in [3.8, 4) is 0 Å². The fourth-order valence-electron chi connectivity index (χ4n) is 2.91. The van der Waals surface area contributed by atoms with Crippen LogP contribution in [0, 0.1) is 0 Å². The van der Waals surface area contributed by atoms with Crippen LogP contribution in [0.5, 0.6) is 0 Å². The van der Waals surface area contributed by atoms with Crippen molar-refractivity contribution < 1.29 is 9.47 Å². The van der Waals surface area contributed by atoms with E-state index in [4.69, 9.17) is 26.8 Å². The Hall–Kier alpha value is -0.170. The van der Waals surface area contributed by atoms with Crippen molar-refractivity contribution in [1.29, 1.82) is 0 Å². The second kappa shape index (κ2) is 5.68. The summed E-state index contributed by atoms with van der Waals surface area (Å²) >= 11 is 7.64. The van der Waals surface area contributed by atoms with Crippen molar-refractivity contribution in [3.05, 3.63) is 21.3 Å². The highest BCUT2D eigenvalue weighted by Gasteiger charge is 2.41. The molecule has 2 aliphatic rings. The number of nitrogens with zero attached hydrogens (tertiary/aromatic N) is 1. The van der Waals surface area contributed by atoms with Gasteiger partial charge in [-0.25, -0.2) is 0 Å². The molecule has 1 spiro atoms. The van der Waals surface area contributed by atoms with E-state index >= 15 is 0 Å². The first-order chi connectivity index (χ1) is 9.22. The predicted octanol–water partition coefficient (Wildman–Crippen LogP) is 2.24. The van der Waals surface area contributed by atoms with E-state index in [-0.39, 0.29) is 11.8 Å². The zero-order valence-corrected chi connectivity index (χ0v) is 12.4. The van der Waals surface area contributed by atoms with Gasteiger partial charge in [0.1, 0.15) is 0 Å². The van der Waals surface area contributed by atoms with Crippen LogP contribution in [-0.4, -0.2) is 43.5 Å². The van der Waals surface area contributed by atoms with Gasteiger partial charge < -0.3 is 15.2 Å². The summed E-state index contributed by atoms with van der Waals surface area (Å²) in [5.41, 5.74) is 5.95. The Kier molecular flexibility index (Phi) is 4.12. The third-order valence-electron chi connectivity index (χ3n) is 3.96. The lowest BCUT2D eigenvalue weighted by molar-refractivity contribution is -0.187. The van der Waals surface area contributed by atoms with E-state index in [1.165, 1.54) is 4.88 Å². The molecule has 6 heteroatoms. The van der Waals surface area contributed by atoms with Crippen molar-refractivity contribution in [2.24, 2.45) is 5.73 Å². The fraction of sp³-hybridized carbons (Fsp3) is 0.692. The lowest BCUT2D eigenvalue weighted by atomic mass is 10.0. The highest BCUT2D eigenvalue weighted by atomic mass is 35.5. The monoisotopic (exact) mass is 302 g/mol. The first-order valence-electron chi connectivity index (χ1n) is 6.70. The third kappa shape index (κ3) is 2.82. The van der Waals surface area contributed by atoms with Crippen molar-refractivity contribution in [2.75, 3.05) is 32.8 Å². The molecule has 2 N–H and O–H groups in total. The minimum absolute atomic E-state index is 0.260. The maximum Gasteiger partial charge on any atom is 0.170 e. The molecule has 0 saturated carbocycles. The lowest BCUT2D eigenvalue weighted by Gasteiger charge is -2.40. The Morgan fingerprint density at radius 1 is 1.32 bits per heavy atom. The summed E-state index contributed by atoms with van der Waals surface area (Å²) in [4.78, 5) is 3.66. The van der Waals surface area contributed by atoms with Crippen LogP contribution in [-0.2, 0) is 9.47 Å². The molecule has 0 radical (unpaired) electrons. The molecule has 1 aromatic rings. The van der Waals surface area contributed by atoms with E-state index in [9.17, 15) is 0 Å². The van der Waals surface area contributed by atoms with Gasteiger partial charge in [0.05, 0.1) is 23.6 Å². The first-order valence-corrected chi connectivity index (χ1v) is 7.89. The number of halogens is 1. The summed E-state index contributed by atoms with van der Waals surface area (Å²) in [6.45, 7) is 3.97. The summed E-state index contributed by atoms with van der Waals surface area (Å²) in [5.74, 6) is -0.317. The summed E-state index contributed by atoms with van der Waals surface area (Å²) in [6.07, 6.45) is 1.84. The number of thiophene rings is 1. The molecule has 2 aliphatic heterocycles. The van der Waals surface area contributed by atoms with Gasteiger partial charge in [0.2, 0.25) is 0 Å². The fourth-order valence-corrected chi connectivity index (χ4v) is 4.12. The maximum atomic E-state index is 6.02. The number of ether oxygens (including phenoxy) is 2. The van der Waals surface area contributed by atoms with E-state index < -0.39 is 0 Å². The van der Waals surface area contributed by atoms with Gasteiger partial charge >= 0.3 is 0 Å². The topological polar surface area (TPSA) is 47.7 Å². The molecule has 0 aromatic carbocycles. The number of hydrogen-bond donors (Lipinski definition) is 1. The molecule has 0 aliphatic carbocycles. The molecule has 0 amide bonds. The number of nitrogens with two attached hydrogens (primary N) is 1. The molecule has 0 bridgehead atoms. The van der Waals surface area contributed by atoms with Gasteiger partial charge in [-0.05, 0) is 12.1 Å². The molecule has 19 heavy (non-hydrogen) atoms. The summed E-state index contributed by atoms with van der Waals surface area (Å²) in [7, 11) is 0. The number of hydrogen-bond acceptors (Lipinski definition) is 5. The molecule has 4 nitrogen and oxygen atoms in total. The largest absolute Gasteiger partial charge is 0.347 e. The van der Waals surface area contributed by atoms with E-state index in [2.05, 4.69) is 11.0 Å². The molecule has 1 aromatic heterocycles. The van der Waals surface area contributed by atoms with E-state index in [0.717, 1.165) is 43.5 Å². The molecular formula is C13H19ClN2O2S. The van der Waals surface area contributed by atoms with Crippen molar-refractivity contribution in [1.82, 2.24) is 4.90 Å². The first kappa shape index (κ1) is 13.8. The zero-order valence-electron chi connectivity index (χ0n) is 10.8. The van der Waals surface area contributed by atoms with E-state index in [0.29, 0.717) is 6.54 Å². The number of rotatable bonds is 3. The maximum absolute atomic E-state index is 6.02. The quantitative estimate of drug-likeness (QED) is 0.930. The third-order valence-corrected chi connectivity index (χ3v) is 5.29. The standard InChI is InChI=1S/C13H19ClN2O2S/c14-12-2-1-11(19-12)10(9-15)16-5-3-13(4-6-16)17-7-8-18-13/h1-2,10H,3-9,15H2. The van der Waals surface area contributed by atoms with Gasteiger partial charge in [0.25, 0.3) is 0 Å². The van der Waals surface area contributed by atoms with Crippen LogP contribution >= 0.6 is 22.9 Å². The van der Waals surface area contributed by atoms with Gasteiger partial charge in [-0.15, -0.1) is 11.3 Å². The van der Waals surface area contributed by atoms with Gasteiger partial charge in [-0.1, -0.05) is 11.6 Å². The van der Waals surface area contributed by atoms with E-state index in [1.54, 1.807) is 11.3 Å². The Morgan fingerprint density at radius 3 is 2.53 bits per heavy atom. The molecule has 3 rings (SSSR count). The highest BCUT2D eigenvalue weighted by molar-refractivity contribution is 7.16. The van der Waals surface area contributed by atoms with Crippen LogP contribution in [0.15, 0.2) is 12.1 Å². The van der Waals surface area contributed by atoms with Crippen LogP contribution in [0.2, 0.25) is 4.34 Å². The summed E-state index contributed by atoms with van der Waals surface area (Å²) in [6, 6.07) is 4.28. The van der Waals surface area contributed by atoms with E-state index in [1.807, 2.05) is 6.07 Å². The van der Waals surface area contributed by atoms with Gasteiger partial charge in [0.15, 0.2) is 5.79 Å². The zero-order chi connectivity index (χ0) is 13.3. The van der Waals surface area contributed by atoms with Crippen molar-refractivity contribution >= 4 is 22.9 Å². The van der Waals surface area contributed by atoms with Crippen molar-refractivity contribution in [3.63, 3.8) is 0 Å². The second-order valence-electron chi connectivity index (χ2n) is 5.04. The molecule has 2 fully saturated rings. The smallest absolute Gasteiger partial charge is 0.170 e. The molecule has 1 atom stereocenters. The van der Waals surface area contributed by atoms with Gasteiger partial charge in [-0.2, -0.15) is 0 Å². The average molecular weight is 303 g/mol. The minimum Gasteiger partial charge on any atom is -0.347 e.